The molecule has 2 rings (SSSR count). The van der Waals surface area contributed by atoms with Gasteiger partial charge in [-0.25, -0.2) is 4.98 Å². The molecule has 0 atom stereocenters. The molecule has 2 aromatic heterocycles. The van der Waals surface area contributed by atoms with E-state index in [0.717, 1.165) is 0 Å². The van der Waals surface area contributed by atoms with Gasteiger partial charge >= 0.3 is 0 Å². The van der Waals surface area contributed by atoms with E-state index in [0.29, 0.717) is 22.1 Å². The van der Waals surface area contributed by atoms with Crippen molar-refractivity contribution in [1.82, 2.24) is 15.0 Å². The highest BCUT2D eigenvalue weighted by Gasteiger charge is 2.06. The maximum atomic E-state index is 5.74. The molecule has 0 N–H and O–H groups in total. The first-order chi connectivity index (χ1) is 6.31. The predicted molar refractivity (Wildman–Crippen MR) is 48.9 cm³/mol. The van der Waals surface area contributed by atoms with Crippen molar-refractivity contribution >= 4 is 22.6 Å². The SMILES string of the molecule is COc1nc(Cl)cc2nccnc12. The van der Waals surface area contributed by atoms with Gasteiger partial charge in [0.15, 0.2) is 5.52 Å². The summed E-state index contributed by atoms with van der Waals surface area (Å²) in [5.74, 6) is 0.399. The molecule has 13 heavy (non-hydrogen) atoms. The Balaban J connectivity index is 2.81. The van der Waals surface area contributed by atoms with Crippen molar-refractivity contribution in [2.75, 3.05) is 7.11 Å². The number of halogens is 1. The normalized spacial score (nSPS) is 10.3. The molecule has 0 fully saturated rings. The second kappa shape index (κ2) is 3.14. The summed E-state index contributed by atoms with van der Waals surface area (Å²) in [5.41, 5.74) is 1.30. The van der Waals surface area contributed by atoms with Crippen molar-refractivity contribution in [3.63, 3.8) is 0 Å². The van der Waals surface area contributed by atoms with E-state index in [1.807, 2.05) is 0 Å². The van der Waals surface area contributed by atoms with Crippen LogP contribution in [0.15, 0.2) is 18.5 Å². The van der Waals surface area contributed by atoms with Gasteiger partial charge in [-0.2, -0.15) is 4.98 Å². The van der Waals surface area contributed by atoms with Crippen molar-refractivity contribution in [1.29, 1.82) is 0 Å². The van der Waals surface area contributed by atoms with Crippen molar-refractivity contribution in [3.05, 3.63) is 23.6 Å². The highest BCUT2D eigenvalue weighted by molar-refractivity contribution is 6.30. The van der Waals surface area contributed by atoms with Crippen LogP contribution in [-0.2, 0) is 0 Å². The van der Waals surface area contributed by atoms with Crippen LogP contribution in [-0.4, -0.2) is 22.1 Å². The summed E-state index contributed by atoms with van der Waals surface area (Å²) in [6, 6.07) is 1.65. The Labute approximate surface area is 79.6 Å². The number of pyridine rings is 1. The summed E-state index contributed by atoms with van der Waals surface area (Å²) in [5, 5.41) is 0.352. The van der Waals surface area contributed by atoms with E-state index >= 15 is 0 Å². The first-order valence-electron chi connectivity index (χ1n) is 3.62. The summed E-state index contributed by atoms with van der Waals surface area (Å²) in [6.45, 7) is 0. The number of rotatable bonds is 1. The zero-order valence-corrected chi connectivity index (χ0v) is 7.62. The fraction of sp³-hybridized carbons (Fsp3) is 0.125. The Morgan fingerprint density at radius 3 is 2.85 bits per heavy atom. The summed E-state index contributed by atoms with van der Waals surface area (Å²) in [7, 11) is 1.52. The summed E-state index contributed by atoms with van der Waals surface area (Å²) < 4.78 is 5.01. The minimum absolute atomic E-state index is 0.352. The van der Waals surface area contributed by atoms with E-state index in [4.69, 9.17) is 16.3 Å². The molecule has 66 valence electrons. The van der Waals surface area contributed by atoms with Gasteiger partial charge < -0.3 is 4.74 Å². The number of hydrogen-bond acceptors (Lipinski definition) is 4. The molecule has 5 heteroatoms. The lowest BCUT2D eigenvalue weighted by Gasteiger charge is -2.02. The van der Waals surface area contributed by atoms with Gasteiger partial charge in [0, 0.05) is 18.5 Å². The molecule has 0 aliphatic rings. The third kappa shape index (κ3) is 1.40. The molecule has 0 spiro atoms. The van der Waals surface area contributed by atoms with Crippen LogP contribution in [0.1, 0.15) is 0 Å². The third-order valence-electron chi connectivity index (χ3n) is 1.59. The molecule has 0 aliphatic carbocycles. The minimum atomic E-state index is 0.352. The molecule has 4 nitrogen and oxygen atoms in total. The van der Waals surface area contributed by atoms with Crippen LogP contribution in [0, 0.1) is 0 Å². The van der Waals surface area contributed by atoms with Crippen molar-refractivity contribution in [2.24, 2.45) is 0 Å². The van der Waals surface area contributed by atoms with Gasteiger partial charge in [0.1, 0.15) is 5.15 Å². The van der Waals surface area contributed by atoms with Gasteiger partial charge in [-0.1, -0.05) is 11.6 Å². The van der Waals surface area contributed by atoms with Gasteiger partial charge in [0.25, 0.3) is 0 Å². The quantitative estimate of drug-likeness (QED) is 0.650. The molecule has 0 saturated carbocycles. The van der Waals surface area contributed by atoms with E-state index in [1.54, 1.807) is 18.5 Å². The number of methoxy groups -OCH3 is 1. The number of aromatic nitrogens is 3. The van der Waals surface area contributed by atoms with Crippen molar-refractivity contribution in [3.8, 4) is 5.88 Å². The van der Waals surface area contributed by atoms with Gasteiger partial charge in [0.05, 0.1) is 12.6 Å². The monoisotopic (exact) mass is 195 g/mol. The molecule has 0 unspecified atom stereocenters. The van der Waals surface area contributed by atoms with E-state index < -0.39 is 0 Å². The second-order valence-electron chi connectivity index (χ2n) is 2.38. The molecule has 0 saturated heterocycles. The first-order valence-corrected chi connectivity index (χ1v) is 4.00. The van der Waals surface area contributed by atoms with Crippen LogP contribution in [0.5, 0.6) is 5.88 Å². The van der Waals surface area contributed by atoms with Crippen molar-refractivity contribution in [2.45, 2.75) is 0 Å². The van der Waals surface area contributed by atoms with Crippen LogP contribution >= 0.6 is 11.6 Å². The molecule has 0 bridgehead atoms. The van der Waals surface area contributed by atoms with E-state index in [9.17, 15) is 0 Å². The van der Waals surface area contributed by atoms with Gasteiger partial charge in [-0.3, -0.25) is 4.98 Å². The smallest absolute Gasteiger partial charge is 0.243 e. The molecule has 0 aliphatic heterocycles. The van der Waals surface area contributed by atoms with Crippen LogP contribution < -0.4 is 4.74 Å². The number of hydrogen-bond donors (Lipinski definition) is 0. The zero-order chi connectivity index (χ0) is 9.26. The lowest BCUT2D eigenvalue weighted by molar-refractivity contribution is 0.402. The van der Waals surface area contributed by atoms with Gasteiger partial charge in [-0.05, 0) is 0 Å². The third-order valence-corrected chi connectivity index (χ3v) is 1.78. The van der Waals surface area contributed by atoms with E-state index in [-0.39, 0.29) is 0 Å². The molecular weight excluding hydrogens is 190 g/mol. The zero-order valence-electron chi connectivity index (χ0n) is 6.86. The standard InChI is InChI=1S/C8H6ClN3O/c1-13-8-7-5(4-6(9)12-8)10-2-3-11-7/h2-4H,1H3. The summed E-state index contributed by atoms with van der Waals surface area (Å²) >= 11 is 5.74. The Morgan fingerprint density at radius 1 is 1.31 bits per heavy atom. The Hall–Kier alpha value is -1.42. The Bertz CT molecular complexity index is 446. The number of fused-ring (bicyclic) bond motifs is 1. The van der Waals surface area contributed by atoms with E-state index in [1.165, 1.54) is 7.11 Å². The highest BCUT2D eigenvalue weighted by Crippen LogP contribution is 2.22. The molecule has 2 heterocycles. The maximum absolute atomic E-state index is 5.74. The number of nitrogens with zero attached hydrogens (tertiary/aromatic N) is 3. The van der Waals surface area contributed by atoms with Crippen LogP contribution in [0.2, 0.25) is 5.15 Å². The highest BCUT2D eigenvalue weighted by atomic mass is 35.5. The molecule has 0 amide bonds. The number of ether oxygens (including phenoxy) is 1. The lowest BCUT2D eigenvalue weighted by Crippen LogP contribution is -1.92. The molecule has 2 aromatic rings. The molecular formula is C8H6ClN3O. The van der Waals surface area contributed by atoms with Gasteiger partial charge in [-0.15, -0.1) is 0 Å². The van der Waals surface area contributed by atoms with Crippen LogP contribution in [0.4, 0.5) is 0 Å². The summed E-state index contributed by atoms with van der Waals surface area (Å²) in [4.78, 5) is 12.1. The Morgan fingerprint density at radius 2 is 2.08 bits per heavy atom. The van der Waals surface area contributed by atoms with Crippen molar-refractivity contribution < 1.29 is 4.74 Å². The topological polar surface area (TPSA) is 47.9 Å². The fourth-order valence-electron chi connectivity index (χ4n) is 1.06. The minimum Gasteiger partial charge on any atom is -0.479 e. The van der Waals surface area contributed by atoms with Crippen LogP contribution in [0.25, 0.3) is 11.0 Å². The molecule has 0 radical (unpaired) electrons. The molecule has 0 aromatic carbocycles. The summed E-state index contributed by atoms with van der Waals surface area (Å²) in [6.07, 6.45) is 3.18. The average molecular weight is 196 g/mol. The van der Waals surface area contributed by atoms with Gasteiger partial charge in [0.2, 0.25) is 5.88 Å². The second-order valence-corrected chi connectivity index (χ2v) is 2.77. The largest absolute Gasteiger partial charge is 0.479 e. The first kappa shape index (κ1) is 8.19. The maximum Gasteiger partial charge on any atom is 0.243 e. The fourth-order valence-corrected chi connectivity index (χ4v) is 1.24. The predicted octanol–water partition coefficient (Wildman–Crippen LogP) is 1.69. The van der Waals surface area contributed by atoms with Crippen LogP contribution in [0.3, 0.4) is 0 Å². The van der Waals surface area contributed by atoms with E-state index in [2.05, 4.69) is 15.0 Å². The average Bonchev–Trinajstić information content (AvgIpc) is 2.16. The lowest BCUT2D eigenvalue weighted by atomic mass is 10.4. The Kier molecular flexibility index (Phi) is 1.98.